The zero-order chi connectivity index (χ0) is 12.3. The third-order valence-corrected chi connectivity index (χ3v) is 3.80. The van der Waals surface area contributed by atoms with Crippen LogP contribution < -0.4 is 0 Å². The summed E-state index contributed by atoms with van der Waals surface area (Å²) in [5.74, 6) is 0. The Bertz CT molecular complexity index is 446. The maximum Gasteiger partial charge on any atom is 0.245 e. The van der Waals surface area contributed by atoms with Crippen molar-refractivity contribution < 1.29 is 13.5 Å². The fourth-order valence-corrected chi connectivity index (χ4v) is 2.33. The van der Waals surface area contributed by atoms with Crippen molar-refractivity contribution >= 4 is 21.6 Å². The molecule has 0 amide bonds. The molecule has 0 aliphatic carbocycles. The summed E-state index contributed by atoms with van der Waals surface area (Å²) >= 11 is 5.46. The van der Waals surface area contributed by atoms with Crippen LogP contribution in [0.25, 0.3) is 0 Å². The maximum atomic E-state index is 11.9. The van der Waals surface area contributed by atoms with E-state index < -0.39 is 16.1 Å². The quantitative estimate of drug-likeness (QED) is 0.783. The largest absolute Gasteiger partial charge is 0.392 e. The lowest BCUT2D eigenvalue weighted by molar-refractivity contribution is 0.171. The highest BCUT2D eigenvalue weighted by Crippen LogP contribution is 2.13. The van der Waals surface area contributed by atoms with Crippen LogP contribution in [-0.2, 0) is 10.0 Å². The third-order valence-electron chi connectivity index (χ3n) is 1.83. The lowest BCUT2D eigenvalue weighted by atomic mass is 10.4. The van der Waals surface area contributed by atoms with Crippen molar-refractivity contribution in [2.75, 3.05) is 13.6 Å². The van der Waals surface area contributed by atoms with Gasteiger partial charge in [0.1, 0.15) is 4.90 Å². The van der Waals surface area contributed by atoms with Gasteiger partial charge in [-0.2, -0.15) is 4.31 Å². The normalized spacial score (nSPS) is 14.1. The van der Waals surface area contributed by atoms with Crippen LogP contribution in [0.5, 0.6) is 0 Å². The zero-order valence-corrected chi connectivity index (χ0v) is 10.4. The molecule has 1 unspecified atom stereocenters. The predicted octanol–water partition coefficient (Wildman–Crippen LogP) is 0.131. The van der Waals surface area contributed by atoms with Gasteiger partial charge in [0.15, 0.2) is 0 Å². The van der Waals surface area contributed by atoms with Gasteiger partial charge in [-0.25, -0.2) is 18.4 Å². The van der Waals surface area contributed by atoms with Gasteiger partial charge >= 0.3 is 0 Å². The zero-order valence-electron chi connectivity index (χ0n) is 8.83. The fourth-order valence-electron chi connectivity index (χ4n) is 1.08. The van der Waals surface area contributed by atoms with Gasteiger partial charge in [-0.3, -0.25) is 0 Å². The molecule has 0 spiro atoms. The molecular weight excluding hydrogens is 254 g/mol. The van der Waals surface area contributed by atoms with Crippen molar-refractivity contribution in [2.45, 2.75) is 17.9 Å². The lowest BCUT2D eigenvalue weighted by Crippen LogP contribution is -2.33. The first-order chi connectivity index (χ1) is 7.34. The highest BCUT2D eigenvalue weighted by atomic mass is 35.5. The molecule has 0 aliphatic rings. The molecule has 8 heteroatoms. The maximum absolute atomic E-state index is 11.9. The molecule has 0 radical (unpaired) electrons. The van der Waals surface area contributed by atoms with E-state index >= 15 is 0 Å². The number of aliphatic hydroxyl groups is 1. The molecule has 0 saturated carbocycles. The summed E-state index contributed by atoms with van der Waals surface area (Å²) in [6.45, 7) is 1.51. The summed E-state index contributed by atoms with van der Waals surface area (Å²) in [7, 11) is -2.29. The summed E-state index contributed by atoms with van der Waals surface area (Å²) in [6.07, 6.45) is 1.51. The molecule has 0 aliphatic heterocycles. The molecule has 1 atom stereocenters. The molecule has 1 rings (SSSR count). The molecule has 1 aromatic heterocycles. The Kier molecular flexibility index (Phi) is 4.20. The summed E-state index contributed by atoms with van der Waals surface area (Å²) in [4.78, 5) is 7.13. The van der Waals surface area contributed by atoms with Crippen LogP contribution in [0.15, 0.2) is 17.3 Å². The number of hydrogen-bond donors (Lipinski definition) is 1. The number of aliphatic hydroxyl groups excluding tert-OH is 1. The average molecular weight is 266 g/mol. The second kappa shape index (κ2) is 5.05. The van der Waals surface area contributed by atoms with Crippen LogP contribution in [0, 0.1) is 0 Å². The van der Waals surface area contributed by atoms with Crippen molar-refractivity contribution in [3.8, 4) is 0 Å². The number of aromatic nitrogens is 2. The van der Waals surface area contributed by atoms with E-state index in [-0.39, 0.29) is 16.7 Å². The van der Waals surface area contributed by atoms with Crippen LogP contribution in [0.2, 0.25) is 5.28 Å². The van der Waals surface area contributed by atoms with Crippen molar-refractivity contribution in [1.82, 2.24) is 14.3 Å². The summed E-state index contributed by atoms with van der Waals surface area (Å²) in [6, 6.07) is 0. The van der Waals surface area contributed by atoms with Crippen LogP contribution in [0.3, 0.4) is 0 Å². The highest BCUT2D eigenvalue weighted by molar-refractivity contribution is 7.89. The molecule has 0 bridgehead atoms. The summed E-state index contributed by atoms with van der Waals surface area (Å²) in [5.41, 5.74) is 0. The molecular formula is C8H12ClN3O3S. The van der Waals surface area contributed by atoms with Crippen LogP contribution in [0.4, 0.5) is 0 Å². The Balaban J connectivity index is 2.97. The van der Waals surface area contributed by atoms with Crippen LogP contribution in [-0.4, -0.2) is 47.5 Å². The van der Waals surface area contributed by atoms with E-state index in [1.807, 2.05) is 0 Å². The van der Waals surface area contributed by atoms with Gasteiger partial charge in [-0.1, -0.05) is 0 Å². The second-order valence-corrected chi connectivity index (χ2v) is 5.71. The van der Waals surface area contributed by atoms with Gasteiger partial charge < -0.3 is 5.11 Å². The number of halogens is 1. The van der Waals surface area contributed by atoms with E-state index in [2.05, 4.69) is 9.97 Å². The SMILES string of the molecule is CC(O)CN(C)S(=O)(=O)c1cnc(Cl)nc1. The average Bonchev–Trinajstić information content (AvgIpc) is 2.17. The molecule has 1 N–H and O–H groups in total. The van der Waals surface area contributed by atoms with Crippen molar-refractivity contribution in [2.24, 2.45) is 0 Å². The summed E-state index contributed by atoms with van der Waals surface area (Å²) < 4.78 is 24.8. The molecule has 0 fully saturated rings. The minimum absolute atomic E-state index is 0.00492. The molecule has 1 heterocycles. The van der Waals surface area contributed by atoms with Gasteiger partial charge in [-0.05, 0) is 18.5 Å². The van der Waals surface area contributed by atoms with Gasteiger partial charge in [0, 0.05) is 13.6 Å². The first-order valence-corrected chi connectivity index (χ1v) is 6.28. The minimum atomic E-state index is -3.66. The first kappa shape index (κ1) is 13.3. The molecule has 6 nitrogen and oxygen atoms in total. The Morgan fingerprint density at radius 3 is 2.44 bits per heavy atom. The Hall–Kier alpha value is -0.760. The van der Waals surface area contributed by atoms with Gasteiger partial charge in [0.25, 0.3) is 0 Å². The fraction of sp³-hybridized carbons (Fsp3) is 0.500. The highest BCUT2D eigenvalue weighted by Gasteiger charge is 2.22. The Morgan fingerprint density at radius 1 is 1.50 bits per heavy atom. The smallest absolute Gasteiger partial charge is 0.245 e. The van der Waals surface area contributed by atoms with Crippen molar-refractivity contribution in [1.29, 1.82) is 0 Å². The van der Waals surface area contributed by atoms with Crippen molar-refractivity contribution in [3.05, 3.63) is 17.7 Å². The van der Waals surface area contributed by atoms with E-state index in [1.54, 1.807) is 0 Å². The topological polar surface area (TPSA) is 83.4 Å². The number of hydrogen-bond acceptors (Lipinski definition) is 5. The summed E-state index contributed by atoms with van der Waals surface area (Å²) in [5, 5.41) is 9.10. The Labute approximate surface area is 98.9 Å². The van der Waals surface area contributed by atoms with E-state index in [1.165, 1.54) is 14.0 Å². The number of sulfonamides is 1. The van der Waals surface area contributed by atoms with Gasteiger partial charge in [-0.15, -0.1) is 0 Å². The van der Waals surface area contributed by atoms with E-state index in [9.17, 15) is 8.42 Å². The first-order valence-electron chi connectivity index (χ1n) is 4.46. The van der Waals surface area contributed by atoms with Gasteiger partial charge in [0.05, 0.1) is 18.5 Å². The van der Waals surface area contributed by atoms with Crippen LogP contribution in [0.1, 0.15) is 6.92 Å². The second-order valence-electron chi connectivity index (χ2n) is 3.32. The van der Waals surface area contributed by atoms with E-state index in [4.69, 9.17) is 16.7 Å². The lowest BCUT2D eigenvalue weighted by Gasteiger charge is -2.17. The third kappa shape index (κ3) is 3.11. The molecule has 90 valence electrons. The number of rotatable bonds is 4. The molecule has 16 heavy (non-hydrogen) atoms. The van der Waals surface area contributed by atoms with Gasteiger partial charge in [0.2, 0.25) is 15.3 Å². The molecule has 1 aromatic rings. The van der Waals surface area contributed by atoms with E-state index in [0.29, 0.717) is 0 Å². The predicted molar refractivity (Wildman–Crippen MR) is 58.5 cm³/mol. The van der Waals surface area contributed by atoms with E-state index in [0.717, 1.165) is 16.7 Å². The minimum Gasteiger partial charge on any atom is -0.392 e. The number of nitrogens with zero attached hydrogens (tertiary/aromatic N) is 3. The van der Waals surface area contributed by atoms with Crippen LogP contribution >= 0.6 is 11.6 Å². The standard InChI is InChI=1S/C8H12ClN3O3S/c1-6(13)5-12(2)16(14,15)7-3-10-8(9)11-4-7/h3-4,6,13H,5H2,1-2H3. The molecule has 0 saturated heterocycles. The van der Waals surface area contributed by atoms with Crippen molar-refractivity contribution in [3.63, 3.8) is 0 Å². The number of likely N-dealkylation sites (N-methyl/N-ethyl adjacent to an activating group) is 1. The molecule has 0 aromatic carbocycles. The monoisotopic (exact) mass is 265 g/mol. The Morgan fingerprint density at radius 2 is 2.00 bits per heavy atom.